The number of nitriles is 1. The molecule has 3 aromatic rings. The van der Waals surface area contributed by atoms with E-state index in [-0.39, 0.29) is 30.3 Å². The van der Waals surface area contributed by atoms with Crippen LogP contribution >= 0.6 is 0 Å². The third kappa shape index (κ3) is 4.56. The van der Waals surface area contributed by atoms with Crippen LogP contribution < -0.4 is 15.6 Å². The topological polar surface area (TPSA) is 100 Å². The summed E-state index contributed by atoms with van der Waals surface area (Å²) < 4.78 is 73.4. The summed E-state index contributed by atoms with van der Waals surface area (Å²) in [5.41, 5.74) is -1.22. The second-order valence-electron chi connectivity index (χ2n) is 9.39. The fraction of sp³-hybridized carbons (Fsp3) is 0.360. The molecule has 2 aliphatic heterocycles. The minimum Gasteiger partial charge on any atom is -0.453 e. The lowest BCUT2D eigenvalue weighted by Crippen LogP contribution is -2.53. The van der Waals surface area contributed by atoms with E-state index in [9.17, 15) is 36.8 Å². The summed E-state index contributed by atoms with van der Waals surface area (Å²) >= 11 is 0. The van der Waals surface area contributed by atoms with Crippen molar-refractivity contribution in [3.05, 3.63) is 64.2 Å². The maximum absolute atomic E-state index is 14.3. The van der Waals surface area contributed by atoms with Crippen molar-refractivity contribution < 1.29 is 31.5 Å². The number of ether oxygens (including phenoxy) is 1. The molecule has 0 saturated carbocycles. The second kappa shape index (κ2) is 9.36. The molecular formula is C25H20F5N5O3. The lowest BCUT2D eigenvalue weighted by atomic mass is 9.85. The number of piperidine rings is 1. The molecule has 5 rings (SSSR count). The normalized spacial score (nSPS) is 19.1. The van der Waals surface area contributed by atoms with Gasteiger partial charge in [-0.25, -0.2) is 13.8 Å². The first kappa shape index (κ1) is 25.6. The molecule has 2 fully saturated rings. The van der Waals surface area contributed by atoms with Gasteiger partial charge in [-0.2, -0.15) is 18.4 Å². The molecule has 2 aliphatic rings. The van der Waals surface area contributed by atoms with Crippen LogP contribution in [0, 0.1) is 23.0 Å². The van der Waals surface area contributed by atoms with Crippen molar-refractivity contribution in [1.82, 2.24) is 19.8 Å². The van der Waals surface area contributed by atoms with Crippen molar-refractivity contribution in [2.24, 2.45) is 0 Å². The molecule has 13 heteroatoms. The monoisotopic (exact) mass is 533 g/mol. The Hall–Kier alpha value is -4.05. The highest BCUT2D eigenvalue weighted by molar-refractivity contribution is 5.82. The Morgan fingerprint density at radius 2 is 1.87 bits per heavy atom. The van der Waals surface area contributed by atoms with Gasteiger partial charge in [0.05, 0.1) is 23.3 Å². The molecule has 1 amide bonds. The number of nitrogens with one attached hydrogen (secondary N) is 1. The molecule has 8 nitrogen and oxygen atoms in total. The molecule has 2 aromatic carbocycles. The third-order valence-electron chi connectivity index (χ3n) is 7.13. The summed E-state index contributed by atoms with van der Waals surface area (Å²) in [6.07, 6.45) is -2.47. The number of likely N-dealkylation sites (tertiary alicyclic amines) is 1. The molecule has 0 bridgehead atoms. The zero-order valence-corrected chi connectivity index (χ0v) is 19.7. The van der Waals surface area contributed by atoms with Crippen LogP contribution in [0.2, 0.25) is 0 Å². The van der Waals surface area contributed by atoms with Gasteiger partial charge in [-0.05, 0) is 49.6 Å². The Bertz CT molecular complexity index is 1520. The number of rotatable bonds is 3. The number of alkyl halides is 3. The van der Waals surface area contributed by atoms with Gasteiger partial charge in [-0.1, -0.05) is 0 Å². The Morgan fingerprint density at radius 3 is 2.55 bits per heavy atom. The number of amides is 1. The molecular weight excluding hydrogens is 513 g/mol. The van der Waals surface area contributed by atoms with Gasteiger partial charge in [0.25, 0.3) is 5.56 Å². The number of carbonyl (C=O) groups excluding carboxylic acids is 1. The van der Waals surface area contributed by atoms with Gasteiger partial charge < -0.3 is 15.0 Å². The molecule has 1 atom stereocenters. The lowest BCUT2D eigenvalue weighted by molar-refractivity contribution is -0.187. The predicted octanol–water partition coefficient (Wildman–Crippen LogP) is 3.80. The van der Waals surface area contributed by atoms with Gasteiger partial charge in [-0.15, -0.1) is 0 Å². The van der Waals surface area contributed by atoms with Crippen LogP contribution in [0.4, 0.5) is 22.0 Å². The van der Waals surface area contributed by atoms with Gasteiger partial charge in [0.15, 0.2) is 11.6 Å². The van der Waals surface area contributed by atoms with Gasteiger partial charge in [-0.3, -0.25) is 14.2 Å². The number of hydrogen-bond acceptors (Lipinski definition) is 6. The van der Waals surface area contributed by atoms with Crippen LogP contribution in [-0.4, -0.2) is 51.7 Å². The van der Waals surface area contributed by atoms with Gasteiger partial charge in [0.1, 0.15) is 23.2 Å². The van der Waals surface area contributed by atoms with E-state index in [4.69, 9.17) is 4.74 Å². The fourth-order valence-electron chi connectivity index (χ4n) is 5.12. The Balaban J connectivity index is 1.37. The highest BCUT2D eigenvalue weighted by atomic mass is 19.4. The Kier molecular flexibility index (Phi) is 6.30. The zero-order chi connectivity index (χ0) is 27.2. The van der Waals surface area contributed by atoms with Crippen molar-refractivity contribution in [3.63, 3.8) is 0 Å². The average molecular weight is 533 g/mol. The van der Waals surface area contributed by atoms with Gasteiger partial charge >= 0.3 is 12.1 Å². The summed E-state index contributed by atoms with van der Waals surface area (Å²) in [7, 11) is 0. The molecule has 1 N–H and O–H groups in total. The number of nitrogens with zero attached hydrogens (tertiary/aromatic N) is 4. The van der Waals surface area contributed by atoms with Gasteiger partial charge in [0, 0.05) is 25.2 Å². The van der Waals surface area contributed by atoms with E-state index >= 15 is 0 Å². The molecule has 3 heterocycles. The number of benzene rings is 2. The van der Waals surface area contributed by atoms with E-state index in [1.165, 1.54) is 29.1 Å². The number of aromatic nitrogens is 2. The molecule has 198 valence electrons. The molecule has 1 unspecified atom stereocenters. The van der Waals surface area contributed by atoms with Crippen molar-refractivity contribution in [1.29, 1.82) is 5.26 Å². The Labute approximate surface area is 212 Å². The van der Waals surface area contributed by atoms with Crippen molar-refractivity contribution in [3.8, 4) is 17.6 Å². The van der Waals surface area contributed by atoms with Crippen LogP contribution in [0.5, 0.6) is 11.5 Å². The van der Waals surface area contributed by atoms with E-state index in [1.54, 1.807) is 6.07 Å². The van der Waals surface area contributed by atoms with Crippen molar-refractivity contribution in [2.45, 2.75) is 37.0 Å². The maximum Gasteiger partial charge on any atom is 0.471 e. The summed E-state index contributed by atoms with van der Waals surface area (Å²) in [4.78, 5) is 30.0. The predicted molar refractivity (Wildman–Crippen MR) is 123 cm³/mol. The molecule has 0 radical (unpaired) electrons. The minimum absolute atomic E-state index is 0.00197. The summed E-state index contributed by atoms with van der Waals surface area (Å²) in [6, 6.07) is 7.06. The Morgan fingerprint density at radius 1 is 1.16 bits per heavy atom. The van der Waals surface area contributed by atoms with E-state index in [1.807, 2.05) is 0 Å². The summed E-state index contributed by atoms with van der Waals surface area (Å²) in [5, 5.41) is 12.7. The van der Waals surface area contributed by atoms with Crippen molar-refractivity contribution >= 4 is 16.8 Å². The van der Waals surface area contributed by atoms with E-state index < -0.39 is 46.1 Å². The van der Waals surface area contributed by atoms with Crippen LogP contribution in [0.15, 0.2) is 41.5 Å². The average Bonchev–Trinajstić information content (AvgIpc) is 3.29. The highest BCUT2D eigenvalue weighted by Gasteiger charge is 2.47. The second-order valence-corrected chi connectivity index (χ2v) is 9.39. The highest BCUT2D eigenvalue weighted by Crippen LogP contribution is 2.37. The van der Waals surface area contributed by atoms with E-state index in [0.717, 1.165) is 17.0 Å². The zero-order valence-electron chi connectivity index (χ0n) is 19.7. The first-order valence-corrected chi connectivity index (χ1v) is 11.7. The standard InChI is InChI=1S/C25H20F5N5O3/c26-18-2-3-19(27)21(17(18)11-31)38-15-1-4-20-16(9-15)22(36)35(13-32-20)14-10-24(33-12-14)5-7-34(8-6-24)23(37)25(28,29)30/h1-4,9,13-14,33H,5-8,10,12H2. The van der Waals surface area contributed by atoms with E-state index in [2.05, 4.69) is 10.3 Å². The number of carbonyl (C=O) groups is 1. The molecule has 1 aromatic heterocycles. The minimum atomic E-state index is -4.92. The number of hydrogen-bond donors (Lipinski definition) is 1. The molecule has 1 spiro atoms. The first-order chi connectivity index (χ1) is 18.0. The summed E-state index contributed by atoms with van der Waals surface area (Å²) in [5.74, 6) is -4.36. The fourth-order valence-corrected chi connectivity index (χ4v) is 5.12. The van der Waals surface area contributed by atoms with Crippen LogP contribution in [-0.2, 0) is 4.79 Å². The lowest BCUT2D eigenvalue weighted by Gasteiger charge is -2.39. The number of fused-ring (bicyclic) bond motifs is 1. The van der Waals surface area contributed by atoms with Crippen molar-refractivity contribution in [2.75, 3.05) is 19.6 Å². The maximum atomic E-state index is 14.3. The van der Waals surface area contributed by atoms with E-state index in [0.29, 0.717) is 31.3 Å². The molecule has 0 aliphatic carbocycles. The van der Waals surface area contributed by atoms with Crippen LogP contribution in [0.25, 0.3) is 10.9 Å². The van der Waals surface area contributed by atoms with Gasteiger partial charge in [0.2, 0.25) is 0 Å². The first-order valence-electron chi connectivity index (χ1n) is 11.7. The van der Waals surface area contributed by atoms with Crippen LogP contribution in [0.3, 0.4) is 0 Å². The molecule has 38 heavy (non-hydrogen) atoms. The largest absolute Gasteiger partial charge is 0.471 e. The smallest absolute Gasteiger partial charge is 0.453 e. The summed E-state index contributed by atoms with van der Waals surface area (Å²) in [6.45, 7) is 0.270. The number of halogens is 5. The molecule has 2 saturated heterocycles. The third-order valence-corrected chi connectivity index (χ3v) is 7.13. The SMILES string of the molecule is N#Cc1c(F)ccc(F)c1Oc1ccc2ncn(C3CNC4(CCN(C(=O)C(F)(F)F)CC4)C3)c(=O)c2c1. The van der Waals surface area contributed by atoms with Crippen LogP contribution in [0.1, 0.15) is 30.9 Å². The quantitative estimate of drug-likeness (QED) is 0.515.